The summed E-state index contributed by atoms with van der Waals surface area (Å²) in [5.74, 6) is 0. The van der Waals surface area contributed by atoms with Gasteiger partial charge in [-0.05, 0) is 31.6 Å². The lowest BCUT2D eigenvalue weighted by Gasteiger charge is -2.29. The predicted octanol–water partition coefficient (Wildman–Crippen LogP) is 3.33. The lowest BCUT2D eigenvalue weighted by molar-refractivity contribution is 0.202. The standard InChI is InChI=1S/C15H21N3.Cl2O/c1-16(2)7-8-17-9-10-18-14(12-17)11-13-5-3-4-6-15(13)18;1-3-2/h3-6,11H,7-10,12H2,1-2H3;. The molecule has 6 heteroatoms. The molecular formula is C15H21Cl2N3O. The molecule has 2 aromatic rings. The topological polar surface area (TPSA) is 20.6 Å². The molecule has 21 heavy (non-hydrogen) atoms. The van der Waals surface area contributed by atoms with Crippen molar-refractivity contribution in [3.8, 4) is 0 Å². The zero-order valence-electron chi connectivity index (χ0n) is 12.4. The Morgan fingerprint density at radius 2 is 1.90 bits per heavy atom. The molecule has 1 aromatic carbocycles. The van der Waals surface area contributed by atoms with Crippen LogP contribution in [0.15, 0.2) is 30.3 Å². The molecule has 0 atom stereocenters. The van der Waals surface area contributed by atoms with Crippen LogP contribution in [0.1, 0.15) is 5.69 Å². The van der Waals surface area contributed by atoms with Gasteiger partial charge in [-0.3, -0.25) is 4.90 Å². The first-order valence-electron chi connectivity index (χ1n) is 6.99. The Hall–Kier alpha value is -0.780. The molecule has 0 aliphatic carbocycles. The second kappa shape index (κ2) is 8.01. The van der Waals surface area contributed by atoms with Crippen molar-refractivity contribution in [3.05, 3.63) is 36.0 Å². The molecule has 0 unspecified atom stereocenters. The van der Waals surface area contributed by atoms with Crippen LogP contribution in [0, 0.1) is 0 Å². The number of nitrogens with zero attached hydrogens (tertiary/aromatic N) is 3. The Kier molecular flexibility index (Phi) is 6.33. The predicted molar refractivity (Wildman–Crippen MR) is 88.6 cm³/mol. The molecule has 0 saturated carbocycles. The van der Waals surface area contributed by atoms with Crippen LogP contribution in [-0.4, -0.2) is 48.1 Å². The number of para-hydroxylation sites is 1. The summed E-state index contributed by atoms with van der Waals surface area (Å²) in [5, 5.41) is 1.38. The number of likely N-dealkylation sites (N-methyl/N-ethyl adjacent to an activating group) is 1. The summed E-state index contributed by atoms with van der Waals surface area (Å²) < 4.78 is 5.67. The van der Waals surface area contributed by atoms with Crippen LogP contribution < -0.4 is 0 Å². The van der Waals surface area contributed by atoms with Crippen LogP contribution in [0.25, 0.3) is 10.9 Å². The molecule has 1 aliphatic heterocycles. The molecule has 1 aromatic heterocycles. The zero-order valence-corrected chi connectivity index (χ0v) is 13.9. The molecule has 116 valence electrons. The van der Waals surface area contributed by atoms with Gasteiger partial charge in [0.1, 0.15) is 0 Å². The van der Waals surface area contributed by atoms with E-state index in [0.29, 0.717) is 0 Å². The van der Waals surface area contributed by atoms with E-state index in [1.807, 2.05) is 0 Å². The van der Waals surface area contributed by atoms with Gasteiger partial charge in [-0.15, -0.1) is 0 Å². The van der Waals surface area contributed by atoms with Crippen LogP contribution in [0.5, 0.6) is 0 Å². The van der Waals surface area contributed by atoms with Crippen molar-refractivity contribution in [1.29, 1.82) is 0 Å². The van der Waals surface area contributed by atoms with Gasteiger partial charge in [-0.1, -0.05) is 18.2 Å². The fourth-order valence-corrected chi connectivity index (χ4v) is 2.74. The molecule has 0 saturated heterocycles. The first kappa shape index (κ1) is 16.6. The monoisotopic (exact) mass is 329 g/mol. The average Bonchev–Trinajstić information content (AvgIpc) is 2.83. The Morgan fingerprint density at radius 3 is 2.62 bits per heavy atom. The Bertz CT molecular complexity index is 571. The molecule has 1 aliphatic rings. The number of benzene rings is 1. The fourth-order valence-electron chi connectivity index (χ4n) is 2.74. The van der Waals surface area contributed by atoms with Gasteiger partial charge < -0.3 is 9.47 Å². The van der Waals surface area contributed by atoms with E-state index >= 15 is 0 Å². The van der Waals surface area contributed by atoms with E-state index in [4.69, 9.17) is 0 Å². The Labute approximate surface area is 136 Å². The van der Waals surface area contributed by atoms with Crippen molar-refractivity contribution in [1.82, 2.24) is 14.4 Å². The van der Waals surface area contributed by atoms with Gasteiger partial charge in [0.25, 0.3) is 0 Å². The highest BCUT2D eigenvalue weighted by molar-refractivity contribution is 6.24. The summed E-state index contributed by atoms with van der Waals surface area (Å²) in [6.45, 7) is 5.67. The lowest BCUT2D eigenvalue weighted by Crippen LogP contribution is -2.37. The maximum absolute atomic E-state index is 4.26. The average molecular weight is 330 g/mol. The van der Waals surface area contributed by atoms with Crippen LogP contribution in [-0.2, 0) is 16.9 Å². The largest absolute Gasteiger partial charge is 0.342 e. The van der Waals surface area contributed by atoms with Crippen molar-refractivity contribution in [2.75, 3.05) is 33.7 Å². The van der Waals surface area contributed by atoms with Crippen molar-refractivity contribution < 1.29 is 3.84 Å². The number of rotatable bonds is 3. The molecule has 3 rings (SSSR count). The van der Waals surface area contributed by atoms with E-state index < -0.39 is 0 Å². The third-order valence-electron chi connectivity index (χ3n) is 3.79. The van der Waals surface area contributed by atoms with E-state index in [9.17, 15) is 0 Å². The normalized spacial score (nSPS) is 14.9. The highest BCUT2D eigenvalue weighted by Gasteiger charge is 2.17. The maximum atomic E-state index is 4.26. The summed E-state index contributed by atoms with van der Waals surface area (Å²) in [6.07, 6.45) is 0. The third-order valence-corrected chi connectivity index (χ3v) is 3.79. The van der Waals surface area contributed by atoms with Crippen molar-refractivity contribution >= 4 is 34.6 Å². The van der Waals surface area contributed by atoms with Gasteiger partial charge in [-0.2, -0.15) is 3.84 Å². The van der Waals surface area contributed by atoms with E-state index in [1.54, 1.807) is 0 Å². The van der Waals surface area contributed by atoms with Crippen LogP contribution >= 0.6 is 23.7 Å². The summed E-state index contributed by atoms with van der Waals surface area (Å²) in [5.41, 5.74) is 2.85. The molecule has 4 nitrogen and oxygen atoms in total. The van der Waals surface area contributed by atoms with Gasteiger partial charge in [0, 0.05) is 43.9 Å². The second-order valence-electron chi connectivity index (χ2n) is 5.48. The molecule has 0 fully saturated rings. The van der Waals surface area contributed by atoms with Gasteiger partial charge in [-0.25, -0.2) is 0 Å². The highest BCUT2D eigenvalue weighted by Crippen LogP contribution is 2.23. The summed E-state index contributed by atoms with van der Waals surface area (Å²) in [4.78, 5) is 4.80. The van der Waals surface area contributed by atoms with Gasteiger partial charge in [0.2, 0.25) is 0 Å². The number of aromatic nitrogens is 1. The summed E-state index contributed by atoms with van der Waals surface area (Å²) in [6, 6.07) is 11.0. The zero-order chi connectivity index (χ0) is 15.2. The van der Waals surface area contributed by atoms with E-state index in [1.165, 1.54) is 23.1 Å². The number of halogens is 2. The number of hydrogen-bond acceptors (Lipinski definition) is 3. The van der Waals surface area contributed by atoms with E-state index in [-0.39, 0.29) is 0 Å². The first-order chi connectivity index (χ1) is 10.2. The lowest BCUT2D eigenvalue weighted by atomic mass is 10.2. The molecule has 0 bridgehead atoms. The number of fused-ring (bicyclic) bond motifs is 3. The first-order valence-corrected chi connectivity index (χ1v) is 7.61. The highest BCUT2D eigenvalue weighted by atomic mass is 35.6. The minimum absolute atomic E-state index is 1.09. The van der Waals surface area contributed by atoms with Crippen molar-refractivity contribution in [3.63, 3.8) is 0 Å². The fraction of sp³-hybridized carbons (Fsp3) is 0.467. The van der Waals surface area contributed by atoms with Gasteiger partial charge in [0.05, 0.1) is 23.7 Å². The van der Waals surface area contributed by atoms with E-state index in [2.05, 4.69) is 86.4 Å². The molecular weight excluding hydrogens is 309 g/mol. The van der Waals surface area contributed by atoms with Crippen LogP contribution in [0.4, 0.5) is 0 Å². The van der Waals surface area contributed by atoms with Gasteiger partial charge >= 0.3 is 0 Å². The van der Waals surface area contributed by atoms with Crippen LogP contribution in [0.3, 0.4) is 0 Å². The molecule has 0 spiro atoms. The molecule has 0 amide bonds. The van der Waals surface area contributed by atoms with Crippen LogP contribution in [0.2, 0.25) is 0 Å². The maximum Gasteiger partial charge on any atom is 0.0832 e. The van der Waals surface area contributed by atoms with Crippen molar-refractivity contribution in [2.24, 2.45) is 0 Å². The summed E-state index contributed by atoms with van der Waals surface area (Å²) >= 11 is 8.53. The second-order valence-corrected chi connectivity index (χ2v) is 5.95. The SMILES string of the molecule is CN(C)CCN1CCn2c(cc3ccccc32)C1.ClOCl. The minimum Gasteiger partial charge on any atom is -0.342 e. The quantitative estimate of drug-likeness (QED) is 0.861. The van der Waals surface area contributed by atoms with Crippen molar-refractivity contribution in [2.45, 2.75) is 13.1 Å². The Morgan fingerprint density at radius 1 is 1.19 bits per heavy atom. The molecule has 2 heterocycles. The summed E-state index contributed by atoms with van der Waals surface area (Å²) in [7, 11) is 4.28. The minimum atomic E-state index is 1.09. The number of hydrogen-bond donors (Lipinski definition) is 0. The molecule has 0 radical (unpaired) electrons. The third kappa shape index (κ3) is 4.34. The smallest absolute Gasteiger partial charge is 0.0832 e. The van der Waals surface area contributed by atoms with E-state index in [0.717, 1.165) is 26.2 Å². The Balaban J connectivity index is 0.000000497. The van der Waals surface area contributed by atoms with Gasteiger partial charge in [0.15, 0.2) is 0 Å². The molecule has 0 N–H and O–H groups in total.